The molecule has 0 saturated heterocycles. The summed E-state index contributed by atoms with van der Waals surface area (Å²) >= 11 is 7.20. The Labute approximate surface area is 211 Å². The Bertz CT molecular complexity index is 1510. The average molecular weight is 557 g/mol. The lowest BCUT2D eigenvalue weighted by molar-refractivity contribution is 0.979. The SMILES string of the molecule is BrC1=CC=C(c2ccc3c(c2)c2cc(-c4ccc(Br)cc4)ccc2n3C2=CC=CCC2)CC1. The van der Waals surface area contributed by atoms with E-state index in [0.717, 1.165) is 30.2 Å². The standard InChI is InChI=1S/C30H23Br2N/c31-24-12-6-20(7-13-24)22-10-16-29-27(18-22)28-19-23(21-8-14-25(32)15-9-21)11-17-30(28)33(29)26-4-2-1-3-5-26/h1-2,4,6-8,10-14,16-19H,3,5,9,15H2. The number of hydrogen-bond donors (Lipinski definition) is 0. The average Bonchev–Trinajstić information content (AvgIpc) is 3.18. The van der Waals surface area contributed by atoms with Crippen LogP contribution < -0.4 is 0 Å². The van der Waals surface area contributed by atoms with Gasteiger partial charge in [0.1, 0.15) is 0 Å². The molecule has 162 valence electrons. The first kappa shape index (κ1) is 20.9. The van der Waals surface area contributed by atoms with Crippen molar-refractivity contribution in [2.45, 2.75) is 25.7 Å². The van der Waals surface area contributed by atoms with Crippen LogP contribution in [-0.2, 0) is 0 Å². The minimum atomic E-state index is 1.07. The molecular weight excluding hydrogens is 534 g/mol. The zero-order valence-electron chi connectivity index (χ0n) is 18.2. The van der Waals surface area contributed by atoms with Gasteiger partial charge in [0.25, 0.3) is 0 Å². The second kappa shape index (κ2) is 8.62. The van der Waals surface area contributed by atoms with Crippen molar-refractivity contribution in [2.24, 2.45) is 0 Å². The van der Waals surface area contributed by atoms with Crippen LogP contribution in [0.1, 0.15) is 31.2 Å². The molecule has 0 unspecified atom stereocenters. The zero-order valence-corrected chi connectivity index (χ0v) is 21.4. The zero-order chi connectivity index (χ0) is 22.4. The van der Waals surface area contributed by atoms with E-state index in [2.05, 4.69) is 127 Å². The number of hydrogen-bond acceptors (Lipinski definition) is 0. The monoisotopic (exact) mass is 555 g/mol. The summed E-state index contributed by atoms with van der Waals surface area (Å²) < 4.78 is 4.85. The summed E-state index contributed by atoms with van der Waals surface area (Å²) in [7, 11) is 0. The maximum absolute atomic E-state index is 3.64. The van der Waals surface area contributed by atoms with Crippen LogP contribution in [0.3, 0.4) is 0 Å². The van der Waals surface area contributed by atoms with Gasteiger partial charge in [0.2, 0.25) is 0 Å². The molecule has 0 spiro atoms. The second-order valence-electron chi connectivity index (χ2n) is 8.74. The van der Waals surface area contributed by atoms with Gasteiger partial charge in [-0.2, -0.15) is 0 Å². The third kappa shape index (κ3) is 3.88. The first-order valence-corrected chi connectivity index (χ1v) is 13.0. The summed E-state index contributed by atoms with van der Waals surface area (Å²) in [5, 5.41) is 2.64. The van der Waals surface area contributed by atoms with E-state index in [1.54, 1.807) is 0 Å². The van der Waals surface area contributed by atoms with Crippen molar-refractivity contribution in [1.29, 1.82) is 0 Å². The van der Waals surface area contributed by atoms with Crippen LogP contribution in [0.25, 0.3) is 44.2 Å². The molecule has 0 amide bonds. The van der Waals surface area contributed by atoms with Crippen LogP contribution in [0.15, 0.2) is 100.0 Å². The van der Waals surface area contributed by atoms with E-state index in [9.17, 15) is 0 Å². The molecule has 4 aromatic rings. The van der Waals surface area contributed by atoms with E-state index in [0.29, 0.717) is 0 Å². The fraction of sp³-hybridized carbons (Fsp3) is 0.133. The number of aromatic nitrogens is 1. The molecule has 0 N–H and O–H groups in total. The quantitative estimate of drug-likeness (QED) is 0.236. The predicted octanol–water partition coefficient (Wildman–Crippen LogP) is 9.87. The maximum atomic E-state index is 3.64. The van der Waals surface area contributed by atoms with Crippen molar-refractivity contribution in [3.8, 4) is 11.1 Å². The Kier molecular flexibility index (Phi) is 5.48. The third-order valence-corrected chi connectivity index (χ3v) is 7.88. The molecule has 33 heavy (non-hydrogen) atoms. The highest BCUT2D eigenvalue weighted by Crippen LogP contribution is 2.39. The molecule has 2 aliphatic carbocycles. The molecule has 0 radical (unpaired) electrons. The summed E-state index contributed by atoms with van der Waals surface area (Å²) in [6, 6.07) is 22.5. The van der Waals surface area contributed by atoms with Gasteiger partial charge < -0.3 is 4.57 Å². The summed E-state index contributed by atoms with van der Waals surface area (Å²) in [5.41, 5.74) is 9.16. The normalized spacial score (nSPS) is 16.1. The Hall–Kier alpha value is -2.62. The van der Waals surface area contributed by atoms with E-state index in [1.807, 2.05) is 0 Å². The van der Waals surface area contributed by atoms with Crippen LogP contribution in [0.4, 0.5) is 0 Å². The van der Waals surface area contributed by atoms with Crippen LogP contribution in [0.2, 0.25) is 0 Å². The first-order chi connectivity index (χ1) is 16.2. The Morgan fingerprint density at radius 1 is 0.636 bits per heavy atom. The van der Waals surface area contributed by atoms with E-state index in [1.165, 1.54) is 54.2 Å². The fourth-order valence-electron chi connectivity index (χ4n) is 4.98. The van der Waals surface area contributed by atoms with Gasteiger partial charge in [-0.25, -0.2) is 0 Å². The number of benzene rings is 3. The van der Waals surface area contributed by atoms with Gasteiger partial charge in [0.15, 0.2) is 0 Å². The highest BCUT2D eigenvalue weighted by Gasteiger charge is 2.17. The molecule has 1 aromatic heterocycles. The topological polar surface area (TPSA) is 4.93 Å². The van der Waals surface area contributed by atoms with E-state index < -0.39 is 0 Å². The molecule has 1 nitrogen and oxygen atoms in total. The number of halogens is 2. The van der Waals surface area contributed by atoms with Gasteiger partial charge in [-0.15, -0.1) is 0 Å². The molecule has 0 fully saturated rings. The van der Waals surface area contributed by atoms with Crippen LogP contribution in [-0.4, -0.2) is 4.57 Å². The lowest BCUT2D eigenvalue weighted by Crippen LogP contribution is -1.99. The molecule has 1 heterocycles. The smallest absolute Gasteiger partial charge is 0.0538 e. The fourth-order valence-corrected chi connectivity index (χ4v) is 5.58. The van der Waals surface area contributed by atoms with Crippen molar-refractivity contribution in [3.63, 3.8) is 0 Å². The Morgan fingerprint density at radius 2 is 1.33 bits per heavy atom. The van der Waals surface area contributed by atoms with Crippen LogP contribution >= 0.6 is 31.9 Å². The number of allylic oxidation sites excluding steroid dienone is 8. The summed E-state index contributed by atoms with van der Waals surface area (Å²) in [6.07, 6.45) is 15.5. The predicted molar refractivity (Wildman–Crippen MR) is 149 cm³/mol. The summed E-state index contributed by atoms with van der Waals surface area (Å²) in [4.78, 5) is 0. The van der Waals surface area contributed by atoms with Crippen LogP contribution in [0.5, 0.6) is 0 Å². The van der Waals surface area contributed by atoms with Crippen molar-refractivity contribution in [1.82, 2.24) is 4.57 Å². The highest BCUT2D eigenvalue weighted by molar-refractivity contribution is 9.11. The maximum Gasteiger partial charge on any atom is 0.0538 e. The molecule has 0 saturated carbocycles. The minimum Gasteiger partial charge on any atom is -0.313 e. The molecule has 0 bridgehead atoms. The highest BCUT2D eigenvalue weighted by atomic mass is 79.9. The number of rotatable bonds is 3. The van der Waals surface area contributed by atoms with Gasteiger partial charge >= 0.3 is 0 Å². The Morgan fingerprint density at radius 3 is 2.00 bits per heavy atom. The lowest BCUT2D eigenvalue weighted by atomic mass is 9.95. The van der Waals surface area contributed by atoms with E-state index >= 15 is 0 Å². The van der Waals surface area contributed by atoms with E-state index in [-0.39, 0.29) is 0 Å². The number of nitrogens with zero attached hydrogens (tertiary/aromatic N) is 1. The molecule has 3 heteroatoms. The molecule has 0 atom stereocenters. The van der Waals surface area contributed by atoms with Gasteiger partial charge in [-0.05, 0) is 94.9 Å². The molecule has 2 aliphatic rings. The van der Waals surface area contributed by atoms with Gasteiger partial charge in [-0.1, -0.05) is 80.4 Å². The molecule has 3 aromatic carbocycles. The van der Waals surface area contributed by atoms with Crippen molar-refractivity contribution in [3.05, 3.63) is 106 Å². The molecule has 0 aliphatic heterocycles. The van der Waals surface area contributed by atoms with Crippen molar-refractivity contribution >= 4 is 64.9 Å². The molecule has 6 rings (SSSR count). The van der Waals surface area contributed by atoms with Crippen molar-refractivity contribution in [2.75, 3.05) is 0 Å². The van der Waals surface area contributed by atoms with Gasteiger partial charge in [0.05, 0.1) is 11.0 Å². The van der Waals surface area contributed by atoms with Crippen molar-refractivity contribution < 1.29 is 0 Å². The van der Waals surface area contributed by atoms with Gasteiger partial charge in [-0.3, -0.25) is 0 Å². The summed E-state index contributed by atoms with van der Waals surface area (Å²) in [6.45, 7) is 0. The number of fused-ring (bicyclic) bond motifs is 3. The Balaban J connectivity index is 1.60. The summed E-state index contributed by atoms with van der Waals surface area (Å²) in [5.74, 6) is 0. The minimum absolute atomic E-state index is 1.07. The van der Waals surface area contributed by atoms with Gasteiger partial charge in [0, 0.05) is 20.9 Å². The second-order valence-corrected chi connectivity index (χ2v) is 10.7. The first-order valence-electron chi connectivity index (χ1n) is 11.4. The largest absolute Gasteiger partial charge is 0.313 e. The molecular formula is C30H23Br2N. The third-order valence-electron chi connectivity index (χ3n) is 6.69. The van der Waals surface area contributed by atoms with Crippen LogP contribution in [0, 0.1) is 0 Å². The lowest BCUT2D eigenvalue weighted by Gasteiger charge is -2.15. The van der Waals surface area contributed by atoms with E-state index in [4.69, 9.17) is 0 Å².